The third kappa shape index (κ3) is 3.72. The Labute approximate surface area is 106 Å². The van der Waals surface area contributed by atoms with Crippen molar-refractivity contribution in [3.63, 3.8) is 0 Å². The second-order valence-corrected chi connectivity index (χ2v) is 4.29. The van der Waals surface area contributed by atoms with E-state index in [9.17, 15) is 9.90 Å². The van der Waals surface area contributed by atoms with Gasteiger partial charge in [0.2, 0.25) is 0 Å². The summed E-state index contributed by atoms with van der Waals surface area (Å²) < 4.78 is 5.17. The predicted octanol–water partition coefficient (Wildman–Crippen LogP) is 1.23. The van der Waals surface area contributed by atoms with E-state index in [1.165, 1.54) is 7.11 Å². The Balaban J connectivity index is 2.84. The lowest BCUT2D eigenvalue weighted by molar-refractivity contribution is -0.137. The second kappa shape index (κ2) is 6.37. The van der Waals surface area contributed by atoms with Gasteiger partial charge in [-0.3, -0.25) is 4.79 Å². The van der Waals surface area contributed by atoms with Gasteiger partial charge in [0.05, 0.1) is 13.2 Å². The van der Waals surface area contributed by atoms with Crippen LogP contribution in [0.15, 0.2) is 18.2 Å². The van der Waals surface area contributed by atoms with Gasteiger partial charge >= 0.3 is 5.97 Å². The monoisotopic (exact) mass is 253 g/mol. The molecule has 0 amide bonds. The first-order valence-corrected chi connectivity index (χ1v) is 5.75. The van der Waals surface area contributed by atoms with Crippen LogP contribution < -0.4 is 10.5 Å². The molecule has 1 aromatic carbocycles. The third-order valence-corrected chi connectivity index (χ3v) is 2.80. The predicted molar refractivity (Wildman–Crippen MR) is 67.5 cm³/mol. The average Bonchev–Trinajstić information content (AvgIpc) is 2.34. The van der Waals surface area contributed by atoms with Gasteiger partial charge in [0.25, 0.3) is 0 Å². The van der Waals surface area contributed by atoms with E-state index < -0.39 is 18.1 Å². The summed E-state index contributed by atoms with van der Waals surface area (Å²) in [7, 11) is 1.52. The first-order chi connectivity index (χ1) is 8.45. The number of ether oxygens (including phenoxy) is 1. The van der Waals surface area contributed by atoms with E-state index in [-0.39, 0.29) is 12.8 Å². The van der Waals surface area contributed by atoms with Crippen molar-refractivity contribution in [2.45, 2.75) is 31.9 Å². The third-order valence-electron chi connectivity index (χ3n) is 2.80. The summed E-state index contributed by atoms with van der Waals surface area (Å²) in [6, 6.07) is 4.80. The number of aliphatic hydroxyl groups excluding tert-OH is 1. The number of hydrogen-bond donors (Lipinski definition) is 3. The molecular formula is C13H19NO4. The molecule has 1 aromatic rings. The zero-order chi connectivity index (χ0) is 13.7. The van der Waals surface area contributed by atoms with E-state index in [4.69, 9.17) is 15.6 Å². The SMILES string of the molecule is COc1ccc(C)cc1C(O)C(N)CCC(=O)O. The maximum Gasteiger partial charge on any atom is 0.303 e. The highest BCUT2D eigenvalue weighted by Gasteiger charge is 2.21. The van der Waals surface area contributed by atoms with Crippen LogP contribution in [-0.2, 0) is 4.79 Å². The number of aliphatic hydroxyl groups is 1. The van der Waals surface area contributed by atoms with Crippen molar-refractivity contribution in [2.24, 2.45) is 5.73 Å². The molecule has 0 spiro atoms. The van der Waals surface area contributed by atoms with Gasteiger partial charge in [-0.05, 0) is 25.5 Å². The number of aryl methyl sites for hydroxylation is 1. The maximum atomic E-state index is 10.5. The molecule has 0 saturated carbocycles. The van der Waals surface area contributed by atoms with Crippen LogP contribution in [0.4, 0.5) is 0 Å². The van der Waals surface area contributed by atoms with Gasteiger partial charge in [-0.1, -0.05) is 11.6 Å². The standard InChI is InChI=1S/C13H19NO4/c1-8-3-5-11(18-2)9(7-8)13(17)10(14)4-6-12(15)16/h3,5,7,10,13,17H,4,6,14H2,1-2H3,(H,15,16). The maximum absolute atomic E-state index is 10.5. The minimum atomic E-state index is -0.931. The lowest BCUT2D eigenvalue weighted by Gasteiger charge is -2.21. The van der Waals surface area contributed by atoms with Gasteiger partial charge in [-0.15, -0.1) is 0 Å². The van der Waals surface area contributed by atoms with Crippen LogP contribution in [0.1, 0.15) is 30.1 Å². The first-order valence-electron chi connectivity index (χ1n) is 5.75. The van der Waals surface area contributed by atoms with E-state index >= 15 is 0 Å². The van der Waals surface area contributed by atoms with Crippen molar-refractivity contribution >= 4 is 5.97 Å². The quantitative estimate of drug-likeness (QED) is 0.709. The molecule has 18 heavy (non-hydrogen) atoms. The van der Waals surface area contributed by atoms with Gasteiger partial charge in [-0.2, -0.15) is 0 Å². The molecule has 0 aromatic heterocycles. The van der Waals surface area contributed by atoms with E-state index in [0.717, 1.165) is 5.56 Å². The Morgan fingerprint density at radius 2 is 2.17 bits per heavy atom. The minimum absolute atomic E-state index is 0.0631. The zero-order valence-corrected chi connectivity index (χ0v) is 10.6. The van der Waals surface area contributed by atoms with Gasteiger partial charge in [0.1, 0.15) is 5.75 Å². The van der Waals surface area contributed by atoms with E-state index in [1.54, 1.807) is 12.1 Å². The Morgan fingerprint density at radius 1 is 1.50 bits per heavy atom. The molecule has 1 rings (SSSR count). The molecule has 0 saturated heterocycles. The molecule has 0 aliphatic rings. The topological polar surface area (TPSA) is 92.8 Å². The molecule has 2 unspecified atom stereocenters. The summed E-state index contributed by atoms with van der Waals surface area (Å²) in [5.41, 5.74) is 7.38. The number of hydrogen-bond acceptors (Lipinski definition) is 4. The molecule has 0 bridgehead atoms. The number of benzene rings is 1. The molecule has 0 heterocycles. The number of carboxylic acid groups (broad SMARTS) is 1. The van der Waals surface area contributed by atoms with E-state index in [1.807, 2.05) is 13.0 Å². The van der Waals surface area contributed by atoms with Crippen LogP contribution in [0.25, 0.3) is 0 Å². The van der Waals surface area contributed by atoms with Crippen molar-refractivity contribution in [1.82, 2.24) is 0 Å². The van der Waals surface area contributed by atoms with Crippen molar-refractivity contribution < 1.29 is 19.7 Å². The Bertz CT molecular complexity index is 419. The molecule has 0 fully saturated rings. The molecular weight excluding hydrogens is 234 g/mol. The fourth-order valence-corrected chi connectivity index (χ4v) is 1.76. The zero-order valence-electron chi connectivity index (χ0n) is 10.6. The second-order valence-electron chi connectivity index (χ2n) is 4.29. The van der Waals surface area contributed by atoms with Crippen molar-refractivity contribution in [1.29, 1.82) is 0 Å². The molecule has 4 N–H and O–H groups in total. The summed E-state index contributed by atoms with van der Waals surface area (Å²) in [6.45, 7) is 1.90. The molecule has 5 nitrogen and oxygen atoms in total. The van der Waals surface area contributed by atoms with E-state index in [2.05, 4.69) is 0 Å². The van der Waals surface area contributed by atoms with Crippen molar-refractivity contribution in [3.8, 4) is 5.75 Å². The molecule has 2 atom stereocenters. The minimum Gasteiger partial charge on any atom is -0.496 e. The highest BCUT2D eigenvalue weighted by atomic mass is 16.5. The fourth-order valence-electron chi connectivity index (χ4n) is 1.76. The van der Waals surface area contributed by atoms with Crippen LogP contribution in [0.3, 0.4) is 0 Å². The number of carboxylic acids is 1. The summed E-state index contributed by atoms with van der Waals surface area (Å²) in [6.07, 6.45) is -0.779. The van der Waals surface area contributed by atoms with Crippen LogP contribution >= 0.6 is 0 Å². The van der Waals surface area contributed by atoms with E-state index in [0.29, 0.717) is 11.3 Å². The largest absolute Gasteiger partial charge is 0.496 e. The highest BCUT2D eigenvalue weighted by Crippen LogP contribution is 2.28. The number of rotatable bonds is 6. The highest BCUT2D eigenvalue weighted by molar-refractivity contribution is 5.66. The Kier molecular flexibility index (Phi) is 5.12. The summed E-state index contributed by atoms with van der Waals surface area (Å²) in [5.74, 6) is -0.368. The average molecular weight is 253 g/mol. The lowest BCUT2D eigenvalue weighted by atomic mass is 9.97. The summed E-state index contributed by atoms with van der Waals surface area (Å²) in [4.78, 5) is 10.5. The van der Waals surface area contributed by atoms with Gasteiger partial charge in [0, 0.05) is 18.0 Å². The lowest BCUT2D eigenvalue weighted by Crippen LogP contribution is -2.29. The number of methoxy groups -OCH3 is 1. The number of aliphatic carboxylic acids is 1. The van der Waals surface area contributed by atoms with Crippen LogP contribution in [0, 0.1) is 6.92 Å². The molecule has 0 aliphatic carbocycles. The number of nitrogens with two attached hydrogens (primary N) is 1. The Hall–Kier alpha value is -1.59. The van der Waals surface area contributed by atoms with Crippen LogP contribution in [0.2, 0.25) is 0 Å². The summed E-state index contributed by atoms with van der Waals surface area (Å²) >= 11 is 0. The van der Waals surface area contributed by atoms with Gasteiger partial charge in [0.15, 0.2) is 0 Å². The van der Waals surface area contributed by atoms with Crippen LogP contribution in [0.5, 0.6) is 5.75 Å². The van der Waals surface area contributed by atoms with Gasteiger partial charge in [-0.25, -0.2) is 0 Å². The van der Waals surface area contributed by atoms with Crippen molar-refractivity contribution in [2.75, 3.05) is 7.11 Å². The smallest absolute Gasteiger partial charge is 0.303 e. The normalized spacial score (nSPS) is 14.0. The molecule has 0 aliphatic heterocycles. The number of carbonyl (C=O) groups is 1. The van der Waals surface area contributed by atoms with Gasteiger partial charge < -0.3 is 20.7 Å². The Morgan fingerprint density at radius 3 is 2.72 bits per heavy atom. The summed E-state index contributed by atoms with van der Waals surface area (Å²) in [5, 5.41) is 18.7. The molecule has 5 heteroatoms. The fraction of sp³-hybridized carbons (Fsp3) is 0.462. The first kappa shape index (κ1) is 14.5. The van der Waals surface area contributed by atoms with Crippen molar-refractivity contribution in [3.05, 3.63) is 29.3 Å². The van der Waals surface area contributed by atoms with Crippen LogP contribution in [-0.4, -0.2) is 29.3 Å². The molecule has 0 radical (unpaired) electrons. The molecule has 100 valence electrons.